The maximum Gasteiger partial charge on any atom is 0.272 e. The Morgan fingerprint density at radius 3 is 2.35 bits per heavy atom. The number of hydrogen-bond donors (Lipinski definition) is 0. The number of benzene rings is 3. The van der Waals surface area contributed by atoms with Gasteiger partial charge in [0.1, 0.15) is 11.5 Å². The van der Waals surface area contributed by atoms with E-state index in [1.807, 2.05) is 55.1 Å². The molecule has 5 nitrogen and oxygen atoms in total. The van der Waals surface area contributed by atoms with E-state index in [0.29, 0.717) is 24.5 Å². The third-order valence-corrected chi connectivity index (χ3v) is 6.78. The SMILES string of the molecule is Cc1ccc(-n2nc(-c3ccc(F)cc3)cc2C(=O)N2CCN(CC=Cc3ccccc3)CC2)c(C)c1. The average molecular weight is 495 g/mol. The fraction of sp³-hybridized carbons (Fsp3) is 0.226. The fourth-order valence-electron chi connectivity index (χ4n) is 4.72. The summed E-state index contributed by atoms with van der Waals surface area (Å²) >= 11 is 0. The molecule has 1 amide bonds. The van der Waals surface area contributed by atoms with Crippen LogP contribution in [0.1, 0.15) is 27.2 Å². The predicted molar refractivity (Wildman–Crippen MR) is 146 cm³/mol. The van der Waals surface area contributed by atoms with Gasteiger partial charge < -0.3 is 4.90 Å². The molecule has 2 heterocycles. The Kier molecular flexibility index (Phi) is 7.28. The van der Waals surface area contributed by atoms with E-state index in [-0.39, 0.29) is 11.7 Å². The number of halogens is 1. The number of nitrogens with zero attached hydrogens (tertiary/aromatic N) is 4. The Labute approximate surface area is 217 Å². The van der Waals surface area contributed by atoms with Crippen molar-refractivity contribution in [3.63, 3.8) is 0 Å². The number of amides is 1. The summed E-state index contributed by atoms with van der Waals surface area (Å²) in [6.45, 7) is 7.86. The van der Waals surface area contributed by atoms with E-state index in [9.17, 15) is 9.18 Å². The van der Waals surface area contributed by atoms with Gasteiger partial charge in [-0.05, 0) is 61.4 Å². The molecule has 6 heteroatoms. The van der Waals surface area contributed by atoms with Crippen molar-refractivity contribution in [2.45, 2.75) is 13.8 Å². The lowest BCUT2D eigenvalue weighted by Crippen LogP contribution is -2.49. The minimum Gasteiger partial charge on any atom is -0.335 e. The van der Waals surface area contributed by atoms with Crippen molar-refractivity contribution in [3.05, 3.63) is 113 Å². The Hall–Kier alpha value is -4.03. The van der Waals surface area contributed by atoms with Crippen LogP contribution in [0.3, 0.4) is 0 Å². The van der Waals surface area contributed by atoms with Gasteiger partial charge in [0.05, 0.1) is 11.4 Å². The molecule has 5 rings (SSSR count). The second-order valence-corrected chi connectivity index (χ2v) is 9.53. The zero-order valence-corrected chi connectivity index (χ0v) is 21.3. The summed E-state index contributed by atoms with van der Waals surface area (Å²) < 4.78 is 15.3. The summed E-state index contributed by atoms with van der Waals surface area (Å²) in [6, 6.07) is 24.4. The lowest BCUT2D eigenvalue weighted by Gasteiger charge is -2.34. The highest BCUT2D eigenvalue weighted by molar-refractivity contribution is 5.94. The third-order valence-electron chi connectivity index (χ3n) is 6.78. The number of aromatic nitrogens is 2. The summed E-state index contributed by atoms with van der Waals surface area (Å²) in [5.74, 6) is -0.342. The smallest absolute Gasteiger partial charge is 0.272 e. The number of aryl methyl sites for hydroxylation is 2. The maximum absolute atomic E-state index is 13.7. The molecule has 0 N–H and O–H groups in total. The first-order chi connectivity index (χ1) is 18.0. The van der Waals surface area contributed by atoms with E-state index >= 15 is 0 Å². The molecule has 0 radical (unpaired) electrons. The molecule has 3 aromatic carbocycles. The molecular formula is C31H31FN4O. The van der Waals surface area contributed by atoms with E-state index < -0.39 is 0 Å². The van der Waals surface area contributed by atoms with Gasteiger partial charge in [0.2, 0.25) is 0 Å². The summed E-state index contributed by atoms with van der Waals surface area (Å²) in [5, 5.41) is 4.80. The lowest BCUT2D eigenvalue weighted by atomic mass is 10.1. The quantitative estimate of drug-likeness (QED) is 0.342. The van der Waals surface area contributed by atoms with E-state index in [4.69, 9.17) is 5.10 Å². The predicted octanol–water partition coefficient (Wildman–Crippen LogP) is 5.77. The molecule has 1 fully saturated rings. The van der Waals surface area contributed by atoms with E-state index in [1.165, 1.54) is 17.7 Å². The van der Waals surface area contributed by atoms with Crippen molar-refractivity contribution in [1.29, 1.82) is 0 Å². The number of piperazine rings is 1. The molecule has 1 aliphatic heterocycles. The zero-order chi connectivity index (χ0) is 25.8. The largest absolute Gasteiger partial charge is 0.335 e. The monoisotopic (exact) mass is 494 g/mol. The van der Waals surface area contributed by atoms with Crippen LogP contribution in [0.5, 0.6) is 0 Å². The molecule has 0 bridgehead atoms. The number of rotatable bonds is 6. The molecule has 0 aliphatic carbocycles. The van der Waals surface area contributed by atoms with Gasteiger partial charge in [-0.2, -0.15) is 5.10 Å². The number of carbonyl (C=O) groups excluding carboxylic acids is 1. The third kappa shape index (κ3) is 5.70. The van der Waals surface area contributed by atoms with Crippen LogP contribution in [-0.2, 0) is 0 Å². The molecule has 1 saturated heterocycles. The standard InChI is InChI=1S/C31H31FN4O/c1-23-10-15-29(24(2)21-23)36-30(22-28(33-36)26-11-13-27(32)14-12-26)31(37)35-19-17-34(18-20-35)16-6-9-25-7-4-3-5-8-25/h3-15,21-22H,16-20H2,1-2H3. The summed E-state index contributed by atoms with van der Waals surface area (Å²) in [6.07, 6.45) is 4.31. The van der Waals surface area contributed by atoms with Crippen LogP contribution in [0.25, 0.3) is 23.0 Å². The molecule has 0 saturated carbocycles. The van der Waals surface area contributed by atoms with Gasteiger partial charge in [0.25, 0.3) is 5.91 Å². The fourth-order valence-corrected chi connectivity index (χ4v) is 4.72. The van der Waals surface area contributed by atoms with Crippen LogP contribution in [0.4, 0.5) is 4.39 Å². The van der Waals surface area contributed by atoms with Crippen molar-refractivity contribution >= 4 is 12.0 Å². The molecule has 0 spiro atoms. The van der Waals surface area contributed by atoms with Crippen molar-refractivity contribution in [2.24, 2.45) is 0 Å². The Morgan fingerprint density at radius 2 is 1.65 bits per heavy atom. The average Bonchev–Trinajstić information content (AvgIpc) is 3.35. The highest BCUT2D eigenvalue weighted by Gasteiger charge is 2.26. The van der Waals surface area contributed by atoms with Crippen molar-refractivity contribution in [1.82, 2.24) is 19.6 Å². The first kappa shape index (κ1) is 24.7. The highest BCUT2D eigenvalue weighted by Crippen LogP contribution is 2.25. The molecule has 0 atom stereocenters. The first-order valence-corrected chi connectivity index (χ1v) is 12.6. The van der Waals surface area contributed by atoms with Crippen LogP contribution >= 0.6 is 0 Å². The summed E-state index contributed by atoms with van der Waals surface area (Å²) in [5.41, 5.74) is 6.18. The van der Waals surface area contributed by atoms with Crippen LogP contribution in [0.2, 0.25) is 0 Å². The van der Waals surface area contributed by atoms with Crippen LogP contribution < -0.4 is 0 Å². The Bertz CT molecular complexity index is 1400. The molecule has 4 aromatic rings. The summed E-state index contributed by atoms with van der Waals surface area (Å²) in [7, 11) is 0. The first-order valence-electron chi connectivity index (χ1n) is 12.6. The minimum atomic E-state index is -0.301. The van der Waals surface area contributed by atoms with Gasteiger partial charge in [-0.1, -0.05) is 60.2 Å². The number of hydrogen-bond acceptors (Lipinski definition) is 3. The molecule has 188 valence electrons. The van der Waals surface area contributed by atoms with Gasteiger partial charge in [0, 0.05) is 38.3 Å². The van der Waals surface area contributed by atoms with Gasteiger partial charge in [-0.3, -0.25) is 9.69 Å². The van der Waals surface area contributed by atoms with Crippen molar-refractivity contribution in [3.8, 4) is 16.9 Å². The second-order valence-electron chi connectivity index (χ2n) is 9.53. The second kappa shape index (κ2) is 10.9. The lowest BCUT2D eigenvalue weighted by molar-refractivity contribution is 0.0641. The number of carbonyl (C=O) groups is 1. The molecule has 37 heavy (non-hydrogen) atoms. The van der Waals surface area contributed by atoms with Crippen LogP contribution in [0, 0.1) is 19.7 Å². The topological polar surface area (TPSA) is 41.4 Å². The van der Waals surface area contributed by atoms with Gasteiger partial charge >= 0.3 is 0 Å². The maximum atomic E-state index is 13.7. The molecule has 1 aromatic heterocycles. The van der Waals surface area contributed by atoms with E-state index in [2.05, 4.69) is 35.3 Å². The van der Waals surface area contributed by atoms with E-state index in [1.54, 1.807) is 16.8 Å². The zero-order valence-electron chi connectivity index (χ0n) is 21.3. The van der Waals surface area contributed by atoms with Crippen LogP contribution in [-0.4, -0.2) is 58.2 Å². The van der Waals surface area contributed by atoms with Crippen molar-refractivity contribution < 1.29 is 9.18 Å². The van der Waals surface area contributed by atoms with Gasteiger partial charge in [-0.15, -0.1) is 0 Å². The van der Waals surface area contributed by atoms with Crippen LogP contribution in [0.15, 0.2) is 84.9 Å². The van der Waals surface area contributed by atoms with Crippen molar-refractivity contribution in [2.75, 3.05) is 32.7 Å². The van der Waals surface area contributed by atoms with Gasteiger partial charge in [-0.25, -0.2) is 9.07 Å². The molecule has 1 aliphatic rings. The minimum absolute atomic E-state index is 0.0414. The normalized spacial score (nSPS) is 14.4. The Balaban J connectivity index is 1.35. The summed E-state index contributed by atoms with van der Waals surface area (Å²) in [4.78, 5) is 18.0. The van der Waals surface area contributed by atoms with E-state index in [0.717, 1.165) is 42.0 Å². The van der Waals surface area contributed by atoms with Gasteiger partial charge in [0.15, 0.2) is 0 Å². The Morgan fingerprint density at radius 1 is 0.919 bits per heavy atom. The molecule has 0 unspecified atom stereocenters. The molecular weight excluding hydrogens is 463 g/mol. The highest BCUT2D eigenvalue weighted by atomic mass is 19.1.